The highest BCUT2D eigenvalue weighted by Gasteiger charge is 2.55. The van der Waals surface area contributed by atoms with Gasteiger partial charge in [0, 0.05) is 18.8 Å². The average molecular weight is 577 g/mol. The molecule has 0 radical (unpaired) electrons. The molecule has 6 rings (SSSR count). The van der Waals surface area contributed by atoms with Gasteiger partial charge in [0.15, 0.2) is 11.3 Å². The Hall–Kier alpha value is -3.71. The van der Waals surface area contributed by atoms with E-state index in [4.69, 9.17) is 0 Å². The fourth-order valence-electron chi connectivity index (χ4n) is 6.48. The Labute approximate surface area is 233 Å². The standard InChI is InChI=1S/C27H32F4N8O2/c1-14(2)15-5-7-16(8-6-15)38-13-18(21(36-38)23(28)29)33-25(40)17-12-32-37-11-9-20(34-24(17)37)39-19-4-3-10-27(30,31)22(19)35-26(39)41/h9,11-16,19,22-23H,3-8,10H2,1-2H3,(H,33,40)(H,35,41)/t15-,16-,19-,22-/m1/s1. The van der Waals surface area contributed by atoms with Crippen LogP contribution in [0.5, 0.6) is 0 Å². The molecule has 0 spiro atoms. The summed E-state index contributed by atoms with van der Waals surface area (Å²) in [7, 11) is 0. The number of rotatable bonds is 6. The van der Waals surface area contributed by atoms with Crippen LogP contribution in [0, 0.1) is 11.8 Å². The van der Waals surface area contributed by atoms with Gasteiger partial charge in [0.2, 0.25) is 0 Å². The van der Waals surface area contributed by atoms with Crippen LogP contribution in [0.15, 0.2) is 24.7 Å². The first kappa shape index (κ1) is 27.5. The molecule has 3 aliphatic rings. The number of alkyl halides is 4. The highest BCUT2D eigenvalue weighted by molar-refractivity contribution is 6.08. The van der Waals surface area contributed by atoms with Crippen molar-refractivity contribution in [3.05, 3.63) is 35.9 Å². The van der Waals surface area contributed by atoms with E-state index in [0.29, 0.717) is 18.3 Å². The van der Waals surface area contributed by atoms with Gasteiger partial charge in [0.05, 0.1) is 24.0 Å². The van der Waals surface area contributed by atoms with Crippen LogP contribution < -0.4 is 15.5 Å². The summed E-state index contributed by atoms with van der Waals surface area (Å²) in [5.74, 6) is -2.53. The SMILES string of the molecule is CC(C)[C@H]1CC[C@H](n2cc(NC(=O)c3cnn4ccc(N5C(=O)N[C@@H]6[C@H]5CCCC6(F)F)nc34)c(C(F)F)n2)CC1. The van der Waals surface area contributed by atoms with Crippen LogP contribution in [0.4, 0.5) is 33.9 Å². The number of amides is 3. The summed E-state index contributed by atoms with van der Waals surface area (Å²) in [5.41, 5.74) is -0.593. The molecule has 0 unspecified atom stereocenters. The summed E-state index contributed by atoms with van der Waals surface area (Å²) < 4.78 is 59.6. The van der Waals surface area contributed by atoms with Crippen molar-refractivity contribution in [2.24, 2.45) is 11.8 Å². The Morgan fingerprint density at radius 2 is 1.93 bits per heavy atom. The first-order valence-electron chi connectivity index (χ1n) is 14.0. The van der Waals surface area contributed by atoms with Crippen LogP contribution in [-0.2, 0) is 0 Å². The van der Waals surface area contributed by atoms with Crippen molar-refractivity contribution >= 4 is 29.1 Å². The van der Waals surface area contributed by atoms with Crippen molar-refractivity contribution in [3.8, 4) is 0 Å². The van der Waals surface area contributed by atoms with Gasteiger partial charge in [0.25, 0.3) is 18.3 Å². The average Bonchev–Trinajstić information content (AvgIpc) is 3.63. The van der Waals surface area contributed by atoms with Crippen LogP contribution in [0.2, 0.25) is 0 Å². The summed E-state index contributed by atoms with van der Waals surface area (Å²) in [5, 5.41) is 13.2. The second kappa shape index (κ2) is 10.3. The van der Waals surface area contributed by atoms with Crippen LogP contribution in [0.1, 0.15) is 87.3 Å². The first-order chi connectivity index (χ1) is 19.5. The van der Waals surface area contributed by atoms with Gasteiger partial charge in [-0.15, -0.1) is 0 Å². The molecule has 220 valence electrons. The molecule has 4 heterocycles. The number of nitrogens with one attached hydrogen (secondary N) is 2. The summed E-state index contributed by atoms with van der Waals surface area (Å²) >= 11 is 0. The van der Waals surface area contributed by atoms with Gasteiger partial charge in [0.1, 0.15) is 17.4 Å². The van der Waals surface area contributed by atoms with E-state index >= 15 is 0 Å². The number of hydrogen-bond acceptors (Lipinski definition) is 5. The summed E-state index contributed by atoms with van der Waals surface area (Å²) in [4.78, 5) is 31.6. The predicted molar refractivity (Wildman–Crippen MR) is 141 cm³/mol. The number of fused-ring (bicyclic) bond motifs is 2. The number of halogens is 4. The second-order valence-corrected chi connectivity index (χ2v) is 11.6. The predicted octanol–water partition coefficient (Wildman–Crippen LogP) is 5.59. The van der Waals surface area contributed by atoms with E-state index in [1.54, 1.807) is 0 Å². The smallest absolute Gasteiger partial charge is 0.323 e. The number of urea groups is 1. The molecule has 2 saturated carbocycles. The lowest BCUT2D eigenvalue weighted by Gasteiger charge is -2.34. The molecule has 10 nitrogen and oxygen atoms in total. The molecule has 0 aromatic carbocycles. The third-order valence-electron chi connectivity index (χ3n) is 8.80. The molecular formula is C27H32F4N8O2. The number of aromatic nitrogens is 5. The molecule has 1 aliphatic heterocycles. The molecule has 3 amide bonds. The molecule has 0 bridgehead atoms. The van der Waals surface area contributed by atoms with E-state index < -0.39 is 42.1 Å². The van der Waals surface area contributed by atoms with Gasteiger partial charge in [-0.05, 0) is 56.4 Å². The van der Waals surface area contributed by atoms with Crippen LogP contribution in [0.25, 0.3) is 5.65 Å². The molecule has 41 heavy (non-hydrogen) atoms. The van der Waals surface area contributed by atoms with Gasteiger partial charge >= 0.3 is 6.03 Å². The van der Waals surface area contributed by atoms with Gasteiger partial charge in [-0.25, -0.2) is 31.9 Å². The second-order valence-electron chi connectivity index (χ2n) is 11.6. The zero-order chi connectivity index (χ0) is 29.1. The Balaban J connectivity index is 1.25. The number of carbonyl (C=O) groups is 2. The fraction of sp³-hybridized carbons (Fsp3) is 0.593. The zero-order valence-corrected chi connectivity index (χ0v) is 22.7. The third kappa shape index (κ3) is 4.90. The van der Waals surface area contributed by atoms with E-state index in [-0.39, 0.29) is 41.6 Å². The van der Waals surface area contributed by atoms with E-state index in [9.17, 15) is 27.2 Å². The molecule has 2 atom stereocenters. The van der Waals surface area contributed by atoms with Gasteiger partial charge in [-0.3, -0.25) is 14.4 Å². The minimum absolute atomic E-state index is 0.0256. The molecule has 14 heteroatoms. The summed E-state index contributed by atoms with van der Waals surface area (Å²) in [6.45, 7) is 4.37. The molecule has 2 N–H and O–H groups in total. The number of carbonyl (C=O) groups excluding carboxylic acids is 2. The molecular weight excluding hydrogens is 544 g/mol. The topological polar surface area (TPSA) is 109 Å². The van der Waals surface area contributed by atoms with Crippen LogP contribution in [-0.4, -0.2) is 54.3 Å². The minimum atomic E-state index is -3.04. The van der Waals surface area contributed by atoms with Crippen molar-refractivity contribution in [1.29, 1.82) is 0 Å². The maximum atomic E-state index is 14.5. The maximum absolute atomic E-state index is 14.5. The maximum Gasteiger partial charge on any atom is 0.323 e. The van der Waals surface area contributed by atoms with E-state index in [1.807, 2.05) is 0 Å². The summed E-state index contributed by atoms with van der Waals surface area (Å²) in [6, 6.07) is -1.39. The molecule has 1 saturated heterocycles. The Morgan fingerprint density at radius 1 is 1.17 bits per heavy atom. The van der Waals surface area contributed by atoms with Crippen LogP contribution in [0.3, 0.4) is 0 Å². The van der Waals surface area contributed by atoms with Gasteiger partial charge in [-0.2, -0.15) is 10.2 Å². The Kier molecular flexibility index (Phi) is 6.89. The highest BCUT2D eigenvalue weighted by Crippen LogP contribution is 2.41. The van der Waals surface area contributed by atoms with Crippen molar-refractivity contribution in [2.45, 2.75) is 89.3 Å². The largest absolute Gasteiger partial charge is 0.327 e. The Bertz CT molecular complexity index is 1460. The van der Waals surface area contributed by atoms with Gasteiger partial charge in [-0.1, -0.05) is 13.8 Å². The van der Waals surface area contributed by atoms with Crippen molar-refractivity contribution < 1.29 is 27.2 Å². The lowest BCUT2D eigenvalue weighted by Crippen LogP contribution is -2.51. The molecule has 3 aromatic heterocycles. The number of hydrogen-bond donors (Lipinski definition) is 2. The van der Waals surface area contributed by atoms with Crippen LogP contribution >= 0.6 is 0 Å². The van der Waals surface area contributed by atoms with Gasteiger partial charge < -0.3 is 10.6 Å². The van der Waals surface area contributed by atoms with Crippen molar-refractivity contribution in [2.75, 3.05) is 10.2 Å². The number of anilines is 2. The summed E-state index contributed by atoms with van der Waals surface area (Å²) in [6.07, 6.45) is 5.17. The van der Waals surface area contributed by atoms with Crippen molar-refractivity contribution in [1.82, 2.24) is 29.7 Å². The quantitative estimate of drug-likeness (QED) is 0.372. The van der Waals surface area contributed by atoms with E-state index in [2.05, 4.69) is 39.7 Å². The first-order valence-corrected chi connectivity index (χ1v) is 14.0. The van der Waals surface area contributed by atoms with Crippen molar-refractivity contribution in [3.63, 3.8) is 0 Å². The molecule has 3 fully saturated rings. The zero-order valence-electron chi connectivity index (χ0n) is 22.7. The monoisotopic (exact) mass is 576 g/mol. The molecule has 2 aliphatic carbocycles. The highest BCUT2D eigenvalue weighted by atomic mass is 19.3. The number of nitrogens with zero attached hydrogens (tertiary/aromatic N) is 6. The Morgan fingerprint density at radius 3 is 2.63 bits per heavy atom. The lowest BCUT2D eigenvalue weighted by molar-refractivity contribution is -0.0595. The molecule has 3 aromatic rings. The van der Waals surface area contributed by atoms with E-state index in [1.165, 1.54) is 38.8 Å². The minimum Gasteiger partial charge on any atom is -0.327 e. The van der Waals surface area contributed by atoms with E-state index in [0.717, 1.165) is 25.7 Å². The lowest BCUT2D eigenvalue weighted by atomic mass is 9.80. The third-order valence-corrected chi connectivity index (χ3v) is 8.80. The normalized spacial score (nSPS) is 26.0. The fourth-order valence-corrected chi connectivity index (χ4v) is 6.48.